The summed E-state index contributed by atoms with van der Waals surface area (Å²) in [5, 5.41) is 3.25. The molecule has 8 heteroatoms. The fourth-order valence-corrected chi connectivity index (χ4v) is 4.01. The lowest BCUT2D eigenvalue weighted by atomic mass is 9.60. The quantitative estimate of drug-likeness (QED) is 0.702. The predicted molar refractivity (Wildman–Crippen MR) is 105 cm³/mol. The summed E-state index contributed by atoms with van der Waals surface area (Å²) in [5.74, 6) is 0.974. The standard InChI is InChI=1S/C20H22FN7/c1-12-6-20(7-12,17-15(21)4-3-5-23-17)11-27-19-25-9-14(10-26-19)16-13(2)8-24-18(22)28-16/h3-5,8-10,12H,6-7,11H2,1-2H3,(H2,22,24,28)(H,25,26,27). The molecule has 0 aromatic carbocycles. The van der Waals surface area contributed by atoms with Crippen LogP contribution >= 0.6 is 0 Å². The Hall–Kier alpha value is -3.16. The monoisotopic (exact) mass is 379 g/mol. The number of hydrogen-bond acceptors (Lipinski definition) is 7. The molecule has 1 saturated carbocycles. The number of rotatable bonds is 5. The predicted octanol–water partition coefficient (Wildman–Crippen LogP) is 3.14. The molecular weight excluding hydrogens is 357 g/mol. The molecule has 4 rings (SSSR count). The van der Waals surface area contributed by atoms with E-state index in [4.69, 9.17) is 5.73 Å². The van der Waals surface area contributed by atoms with Gasteiger partial charge in [0.1, 0.15) is 5.82 Å². The van der Waals surface area contributed by atoms with Gasteiger partial charge < -0.3 is 11.1 Å². The summed E-state index contributed by atoms with van der Waals surface area (Å²) in [5.41, 5.74) is 8.23. The van der Waals surface area contributed by atoms with Gasteiger partial charge in [0, 0.05) is 42.3 Å². The van der Waals surface area contributed by atoms with Crippen LogP contribution in [-0.4, -0.2) is 31.5 Å². The van der Waals surface area contributed by atoms with Crippen molar-refractivity contribution in [3.8, 4) is 11.3 Å². The van der Waals surface area contributed by atoms with Gasteiger partial charge in [0.25, 0.3) is 0 Å². The lowest BCUT2D eigenvalue weighted by Gasteiger charge is -2.46. The number of nitrogens with one attached hydrogen (secondary N) is 1. The van der Waals surface area contributed by atoms with Crippen LogP contribution in [0.4, 0.5) is 16.3 Å². The molecule has 7 nitrogen and oxygen atoms in total. The van der Waals surface area contributed by atoms with E-state index < -0.39 is 0 Å². The number of nitrogens with two attached hydrogens (primary N) is 1. The summed E-state index contributed by atoms with van der Waals surface area (Å²) < 4.78 is 14.3. The highest BCUT2D eigenvalue weighted by molar-refractivity contribution is 5.62. The van der Waals surface area contributed by atoms with Crippen LogP contribution in [0, 0.1) is 18.7 Å². The Bertz CT molecular complexity index is 984. The first-order valence-electron chi connectivity index (χ1n) is 9.23. The van der Waals surface area contributed by atoms with Crippen molar-refractivity contribution in [2.24, 2.45) is 5.92 Å². The van der Waals surface area contributed by atoms with Gasteiger partial charge in [-0.25, -0.2) is 24.3 Å². The molecule has 1 aliphatic rings. The van der Waals surface area contributed by atoms with Crippen LogP contribution in [0.1, 0.15) is 31.0 Å². The van der Waals surface area contributed by atoms with Crippen molar-refractivity contribution in [3.05, 3.63) is 54.0 Å². The minimum absolute atomic E-state index is 0.209. The fraction of sp³-hybridized carbons (Fsp3) is 0.350. The van der Waals surface area contributed by atoms with Crippen molar-refractivity contribution in [2.75, 3.05) is 17.6 Å². The highest BCUT2D eigenvalue weighted by atomic mass is 19.1. The van der Waals surface area contributed by atoms with Crippen LogP contribution in [0.25, 0.3) is 11.3 Å². The van der Waals surface area contributed by atoms with E-state index in [0.717, 1.165) is 24.0 Å². The summed E-state index contributed by atoms with van der Waals surface area (Å²) in [6, 6.07) is 3.08. The molecule has 3 aromatic heterocycles. The number of pyridine rings is 1. The molecule has 0 saturated heterocycles. The van der Waals surface area contributed by atoms with Crippen LogP contribution < -0.4 is 11.1 Å². The molecular formula is C20H22FN7. The SMILES string of the molecule is Cc1cnc(N)nc1-c1cnc(NCC2(c3ncccc3F)CC(C)C2)nc1. The normalized spacial score (nSPS) is 21.2. The number of halogens is 1. The molecule has 144 valence electrons. The van der Waals surface area contributed by atoms with E-state index in [2.05, 4.69) is 37.2 Å². The summed E-state index contributed by atoms with van der Waals surface area (Å²) in [7, 11) is 0. The molecule has 3 heterocycles. The largest absolute Gasteiger partial charge is 0.368 e. The number of aryl methyl sites for hydroxylation is 1. The van der Waals surface area contributed by atoms with E-state index in [1.54, 1.807) is 30.9 Å². The third-order valence-corrected chi connectivity index (χ3v) is 5.24. The van der Waals surface area contributed by atoms with Crippen molar-refractivity contribution in [1.29, 1.82) is 0 Å². The van der Waals surface area contributed by atoms with E-state index >= 15 is 0 Å². The Balaban J connectivity index is 1.52. The second-order valence-electron chi connectivity index (χ2n) is 7.54. The maximum atomic E-state index is 14.3. The molecule has 0 amide bonds. The zero-order chi connectivity index (χ0) is 19.7. The molecule has 0 bridgehead atoms. The topological polar surface area (TPSA) is 102 Å². The summed E-state index contributed by atoms with van der Waals surface area (Å²) in [6.07, 6.45) is 8.47. The zero-order valence-corrected chi connectivity index (χ0v) is 15.9. The third-order valence-electron chi connectivity index (χ3n) is 5.24. The first-order valence-corrected chi connectivity index (χ1v) is 9.23. The first kappa shape index (κ1) is 18.2. The summed E-state index contributed by atoms with van der Waals surface area (Å²) in [6.45, 7) is 4.61. The van der Waals surface area contributed by atoms with E-state index in [0.29, 0.717) is 29.8 Å². The molecule has 0 unspecified atom stereocenters. The molecule has 0 spiro atoms. The van der Waals surface area contributed by atoms with Gasteiger partial charge in [-0.15, -0.1) is 0 Å². The summed E-state index contributed by atoms with van der Waals surface area (Å²) in [4.78, 5) is 21.3. The minimum Gasteiger partial charge on any atom is -0.368 e. The number of nitrogens with zero attached hydrogens (tertiary/aromatic N) is 5. The van der Waals surface area contributed by atoms with Crippen molar-refractivity contribution in [2.45, 2.75) is 32.1 Å². The van der Waals surface area contributed by atoms with Crippen molar-refractivity contribution in [3.63, 3.8) is 0 Å². The van der Waals surface area contributed by atoms with Gasteiger partial charge in [-0.3, -0.25) is 4.98 Å². The second-order valence-corrected chi connectivity index (χ2v) is 7.54. The van der Waals surface area contributed by atoms with Gasteiger partial charge >= 0.3 is 0 Å². The van der Waals surface area contributed by atoms with E-state index in [1.165, 1.54) is 6.07 Å². The molecule has 1 aliphatic carbocycles. The van der Waals surface area contributed by atoms with Gasteiger partial charge in [-0.1, -0.05) is 6.92 Å². The lowest BCUT2D eigenvalue weighted by molar-refractivity contribution is 0.159. The third kappa shape index (κ3) is 3.37. The summed E-state index contributed by atoms with van der Waals surface area (Å²) >= 11 is 0. The van der Waals surface area contributed by atoms with Crippen LogP contribution in [0.2, 0.25) is 0 Å². The molecule has 28 heavy (non-hydrogen) atoms. The Labute approximate surface area is 162 Å². The maximum absolute atomic E-state index is 14.3. The second kappa shape index (κ2) is 7.10. The molecule has 3 N–H and O–H groups in total. The molecule has 1 fully saturated rings. The average Bonchev–Trinajstić information content (AvgIpc) is 2.67. The van der Waals surface area contributed by atoms with Crippen LogP contribution in [0.5, 0.6) is 0 Å². The van der Waals surface area contributed by atoms with E-state index in [1.807, 2.05) is 6.92 Å². The Morgan fingerprint density at radius 3 is 2.61 bits per heavy atom. The highest BCUT2D eigenvalue weighted by Gasteiger charge is 2.46. The maximum Gasteiger partial charge on any atom is 0.222 e. The fourth-order valence-electron chi connectivity index (χ4n) is 4.01. The smallest absolute Gasteiger partial charge is 0.222 e. The van der Waals surface area contributed by atoms with Crippen LogP contribution in [0.3, 0.4) is 0 Å². The van der Waals surface area contributed by atoms with Gasteiger partial charge in [-0.2, -0.15) is 0 Å². The first-order chi connectivity index (χ1) is 13.5. The van der Waals surface area contributed by atoms with Crippen molar-refractivity contribution < 1.29 is 4.39 Å². The van der Waals surface area contributed by atoms with Crippen LogP contribution in [0.15, 0.2) is 36.9 Å². The van der Waals surface area contributed by atoms with Gasteiger partial charge in [0.05, 0.1) is 11.4 Å². The minimum atomic E-state index is -0.329. The number of hydrogen-bond donors (Lipinski definition) is 2. The van der Waals surface area contributed by atoms with Gasteiger partial charge in [0.15, 0.2) is 0 Å². The molecule has 0 radical (unpaired) electrons. The van der Waals surface area contributed by atoms with Crippen molar-refractivity contribution >= 4 is 11.9 Å². The highest BCUT2D eigenvalue weighted by Crippen LogP contribution is 2.47. The molecule has 3 aromatic rings. The Morgan fingerprint density at radius 2 is 1.93 bits per heavy atom. The van der Waals surface area contributed by atoms with Gasteiger partial charge in [0.2, 0.25) is 11.9 Å². The van der Waals surface area contributed by atoms with E-state index in [-0.39, 0.29) is 17.2 Å². The average molecular weight is 379 g/mol. The lowest BCUT2D eigenvalue weighted by Crippen LogP contribution is -2.47. The molecule has 0 aliphatic heterocycles. The number of nitrogen functional groups attached to an aromatic ring is 1. The Morgan fingerprint density at radius 1 is 1.18 bits per heavy atom. The molecule has 0 atom stereocenters. The van der Waals surface area contributed by atoms with Gasteiger partial charge in [-0.05, 0) is 43.4 Å². The Kier molecular flexibility index (Phi) is 4.62. The number of aromatic nitrogens is 5. The van der Waals surface area contributed by atoms with E-state index in [9.17, 15) is 4.39 Å². The van der Waals surface area contributed by atoms with Crippen molar-refractivity contribution in [1.82, 2.24) is 24.9 Å². The zero-order valence-electron chi connectivity index (χ0n) is 15.9. The van der Waals surface area contributed by atoms with Crippen LogP contribution in [-0.2, 0) is 5.41 Å². The number of anilines is 2.